The minimum Gasteiger partial charge on any atom is -0.396 e. The van der Waals surface area contributed by atoms with Crippen LogP contribution in [0.15, 0.2) is 11.7 Å². The van der Waals surface area contributed by atoms with E-state index in [2.05, 4.69) is 10.3 Å². The summed E-state index contributed by atoms with van der Waals surface area (Å²) in [5, 5.41) is 12.8. The molecular formula is C10H16N2OS. The molecule has 1 saturated heterocycles. The molecule has 0 spiro atoms. The predicted octanol–water partition coefficient (Wildman–Crippen LogP) is 1.05. The van der Waals surface area contributed by atoms with E-state index < -0.39 is 0 Å². The lowest BCUT2D eigenvalue weighted by Crippen LogP contribution is -2.40. The number of nitrogens with one attached hydrogen (secondary N) is 1. The number of hydrogen-bond acceptors (Lipinski definition) is 4. The lowest BCUT2D eigenvalue weighted by atomic mass is 9.76. The molecule has 78 valence electrons. The van der Waals surface area contributed by atoms with Gasteiger partial charge < -0.3 is 10.4 Å². The molecule has 2 N–H and O–H groups in total. The fraction of sp³-hybridized carbons (Fsp3) is 0.700. The van der Waals surface area contributed by atoms with Crippen molar-refractivity contribution < 1.29 is 5.11 Å². The van der Waals surface area contributed by atoms with Gasteiger partial charge in [0.2, 0.25) is 0 Å². The molecule has 1 aliphatic heterocycles. The topological polar surface area (TPSA) is 45.2 Å². The van der Waals surface area contributed by atoms with Gasteiger partial charge in [0.15, 0.2) is 0 Å². The Kier molecular flexibility index (Phi) is 3.15. The van der Waals surface area contributed by atoms with E-state index in [9.17, 15) is 5.11 Å². The Balaban J connectivity index is 2.04. The van der Waals surface area contributed by atoms with E-state index in [0.717, 1.165) is 32.4 Å². The van der Waals surface area contributed by atoms with E-state index >= 15 is 0 Å². The quantitative estimate of drug-likeness (QED) is 0.787. The predicted molar refractivity (Wildman–Crippen MR) is 57.4 cm³/mol. The molecule has 0 bridgehead atoms. The van der Waals surface area contributed by atoms with Crippen molar-refractivity contribution in [3.05, 3.63) is 16.6 Å². The minimum atomic E-state index is 0.109. The van der Waals surface area contributed by atoms with Crippen molar-refractivity contribution in [2.45, 2.75) is 19.3 Å². The SMILES string of the molecule is OCC1(Cc2cncs2)CCNCC1. The molecule has 0 aromatic carbocycles. The van der Waals surface area contributed by atoms with Gasteiger partial charge in [0.1, 0.15) is 0 Å². The van der Waals surface area contributed by atoms with E-state index in [1.807, 2.05) is 11.7 Å². The highest BCUT2D eigenvalue weighted by Gasteiger charge is 2.31. The summed E-state index contributed by atoms with van der Waals surface area (Å²) in [6.45, 7) is 2.35. The van der Waals surface area contributed by atoms with Gasteiger partial charge in [-0.15, -0.1) is 11.3 Å². The summed E-state index contributed by atoms with van der Waals surface area (Å²) in [7, 11) is 0. The molecular weight excluding hydrogens is 196 g/mol. The first-order valence-electron chi connectivity index (χ1n) is 5.04. The smallest absolute Gasteiger partial charge is 0.0794 e. The maximum Gasteiger partial charge on any atom is 0.0794 e. The van der Waals surface area contributed by atoms with Crippen LogP contribution in [0, 0.1) is 5.41 Å². The summed E-state index contributed by atoms with van der Waals surface area (Å²) in [6.07, 6.45) is 5.04. The van der Waals surface area contributed by atoms with Crippen LogP contribution >= 0.6 is 11.3 Å². The van der Waals surface area contributed by atoms with Gasteiger partial charge in [0.05, 0.1) is 5.51 Å². The first kappa shape index (κ1) is 10.1. The number of aliphatic hydroxyl groups excluding tert-OH is 1. The molecule has 0 unspecified atom stereocenters. The number of piperidine rings is 1. The lowest BCUT2D eigenvalue weighted by molar-refractivity contribution is 0.0900. The number of rotatable bonds is 3. The third kappa shape index (κ3) is 2.13. The van der Waals surface area contributed by atoms with Crippen LogP contribution in [0.1, 0.15) is 17.7 Å². The molecule has 0 saturated carbocycles. The van der Waals surface area contributed by atoms with Crippen molar-refractivity contribution >= 4 is 11.3 Å². The van der Waals surface area contributed by atoms with Crippen molar-refractivity contribution in [1.82, 2.24) is 10.3 Å². The maximum atomic E-state index is 9.50. The second-order valence-corrected chi connectivity index (χ2v) is 5.02. The molecule has 3 nitrogen and oxygen atoms in total. The summed E-state index contributed by atoms with van der Waals surface area (Å²) >= 11 is 1.69. The van der Waals surface area contributed by atoms with Crippen molar-refractivity contribution in [2.24, 2.45) is 5.41 Å². The number of thiazole rings is 1. The Hall–Kier alpha value is -0.450. The van der Waals surface area contributed by atoms with Crippen LogP contribution in [0.5, 0.6) is 0 Å². The Morgan fingerprint density at radius 1 is 1.50 bits per heavy atom. The highest BCUT2D eigenvalue weighted by molar-refractivity contribution is 7.09. The summed E-state index contributed by atoms with van der Waals surface area (Å²) in [5.74, 6) is 0. The van der Waals surface area contributed by atoms with E-state index in [-0.39, 0.29) is 5.41 Å². The molecule has 14 heavy (non-hydrogen) atoms. The molecule has 0 amide bonds. The summed E-state index contributed by atoms with van der Waals surface area (Å²) in [6, 6.07) is 0. The zero-order chi connectivity index (χ0) is 9.86. The molecule has 1 fully saturated rings. The Labute approximate surface area is 88.2 Å². The highest BCUT2D eigenvalue weighted by Crippen LogP contribution is 2.33. The summed E-state index contributed by atoms with van der Waals surface area (Å²) in [4.78, 5) is 5.37. The molecule has 2 heterocycles. The third-order valence-corrected chi connectivity index (χ3v) is 3.81. The Bertz CT molecular complexity index is 268. The number of aliphatic hydroxyl groups is 1. The van der Waals surface area contributed by atoms with Crippen LogP contribution in [-0.2, 0) is 6.42 Å². The van der Waals surface area contributed by atoms with Crippen LogP contribution in [0.25, 0.3) is 0 Å². The van der Waals surface area contributed by atoms with Gasteiger partial charge >= 0.3 is 0 Å². The average molecular weight is 212 g/mol. The molecule has 1 aromatic heterocycles. The second kappa shape index (κ2) is 4.38. The monoisotopic (exact) mass is 212 g/mol. The number of nitrogens with zero attached hydrogens (tertiary/aromatic N) is 1. The standard InChI is InChI=1S/C10H16N2OS/c13-7-10(1-3-11-4-2-10)5-9-6-12-8-14-9/h6,8,11,13H,1-5,7H2. The molecule has 0 atom stereocenters. The van der Waals surface area contributed by atoms with Gasteiger partial charge in [-0.1, -0.05) is 0 Å². The largest absolute Gasteiger partial charge is 0.396 e. The van der Waals surface area contributed by atoms with Gasteiger partial charge in [-0.2, -0.15) is 0 Å². The van der Waals surface area contributed by atoms with Gasteiger partial charge in [0, 0.05) is 23.1 Å². The van der Waals surface area contributed by atoms with Crippen molar-refractivity contribution in [3.63, 3.8) is 0 Å². The first-order chi connectivity index (χ1) is 6.85. The van der Waals surface area contributed by atoms with Gasteiger partial charge in [0.25, 0.3) is 0 Å². The molecule has 0 aliphatic carbocycles. The fourth-order valence-electron chi connectivity index (χ4n) is 2.05. The van der Waals surface area contributed by atoms with Gasteiger partial charge in [-0.3, -0.25) is 4.98 Å². The van der Waals surface area contributed by atoms with E-state index in [4.69, 9.17) is 0 Å². The Morgan fingerprint density at radius 2 is 2.29 bits per heavy atom. The fourth-order valence-corrected chi connectivity index (χ4v) is 2.82. The van der Waals surface area contributed by atoms with Crippen LogP contribution in [-0.4, -0.2) is 29.8 Å². The molecule has 0 radical (unpaired) electrons. The maximum absolute atomic E-state index is 9.50. The van der Waals surface area contributed by atoms with Crippen molar-refractivity contribution in [2.75, 3.05) is 19.7 Å². The molecule has 4 heteroatoms. The number of hydrogen-bond donors (Lipinski definition) is 2. The summed E-state index contributed by atoms with van der Waals surface area (Å²) in [5.41, 5.74) is 1.97. The van der Waals surface area contributed by atoms with E-state index in [1.165, 1.54) is 4.88 Å². The minimum absolute atomic E-state index is 0.109. The van der Waals surface area contributed by atoms with E-state index in [1.54, 1.807) is 11.3 Å². The van der Waals surface area contributed by atoms with Crippen LogP contribution in [0.3, 0.4) is 0 Å². The molecule has 2 rings (SSSR count). The lowest BCUT2D eigenvalue weighted by Gasteiger charge is -2.35. The second-order valence-electron chi connectivity index (χ2n) is 4.05. The molecule has 1 aromatic rings. The first-order valence-corrected chi connectivity index (χ1v) is 5.92. The highest BCUT2D eigenvalue weighted by atomic mass is 32.1. The third-order valence-electron chi connectivity index (χ3n) is 3.03. The Morgan fingerprint density at radius 3 is 2.86 bits per heavy atom. The van der Waals surface area contributed by atoms with Crippen LogP contribution in [0.4, 0.5) is 0 Å². The zero-order valence-electron chi connectivity index (χ0n) is 8.20. The number of aromatic nitrogens is 1. The molecule has 1 aliphatic rings. The zero-order valence-corrected chi connectivity index (χ0v) is 9.02. The van der Waals surface area contributed by atoms with Gasteiger partial charge in [-0.25, -0.2) is 0 Å². The normalized spacial score (nSPS) is 20.9. The van der Waals surface area contributed by atoms with Crippen molar-refractivity contribution in [3.8, 4) is 0 Å². The van der Waals surface area contributed by atoms with E-state index in [0.29, 0.717) is 6.61 Å². The summed E-state index contributed by atoms with van der Waals surface area (Å²) < 4.78 is 0. The van der Waals surface area contributed by atoms with Crippen molar-refractivity contribution in [1.29, 1.82) is 0 Å². The van der Waals surface area contributed by atoms with Gasteiger partial charge in [-0.05, 0) is 32.4 Å². The van der Waals surface area contributed by atoms with Crippen LogP contribution < -0.4 is 5.32 Å². The van der Waals surface area contributed by atoms with Crippen LogP contribution in [0.2, 0.25) is 0 Å². The average Bonchev–Trinajstić information content (AvgIpc) is 2.72.